The Hall–Kier alpha value is -0.990. The van der Waals surface area contributed by atoms with Crippen LogP contribution in [0.2, 0.25) is 5.02 Å². The van der Waals surface area contributed by atoms with Crippen molar-refractivity contribution in [3.05, 3.63) is 41.6 Å². The molecule has 4 nitrogen and oxygen atoms in total. The summed E-state index contributed by atoms with van der Waals surface area (Å²) in [4.78, 5) is 3.11. The van der Waals surface area contributed by atoms with Crippen molar-refractivity contribution in [3.8, 4) is 11.1 Å². The molecule has 0 aliphatic rings. The van der Waals surface area contributed by atoms with Gasteiger partial charge in [-0.1, -0.05) is 40.6 Å². The van der Waals surface area contributed by atoms with Crippen molar-refractivity contribution in [2.24, 2.45) is 10.8 Å². The molecule has 1 aromatic heterocycles. The third-order valence-electron chi connectivity index (χ3n) is 2.57. The summed E-state index contributed by atoms with van der Waals surface area (Å²) in [5, 5.41) is 5.32. The van der Waals surface area contributed by atoms with Gasteiger partial charge in [-0.2, -0.15) is 0 Å². The smallest absolute Gasteiger partial charge is 0.312 e. The Kier molecular flexibility index (Phi) is 6.57. The second kappa shape index (κ2) is 7.70. The molecule has 1 heterocycles. The van der Waals surface area contributed by atoms with Gasteiger partial charge in [0.25, 0.3) is 0 Å². The van der Waals surface area contributed by atoms with Crippen LogP contribution in [0.5, 0.6) is 0 Å². The number of hydrogen-bond donors (Lipinski definition) is 2. The number of aromatic amines is 1. The van der Waals surface area contributed by atoms with Gasteiger partial charge in [0.1, 0.15) is 0 Å². The third kappa shape index (κ3) is 4.00. The third-order valence-corrected chi connectivity index (χ3v) is 3.32. The first-order valence-electron chi connectivity index (χ1n) is 5.54. The molecule has 0 fully saturated rings. The molecule has 2 aromatic rings. The maximum absolute atomic E-state index is 5.89. The second-order valence-electron chi connectivity index (χ2n) is 3.79. The fraction of sp³-hybridized carbons (Fsp3) is 0.0769. The van der Waals surface area contributed by atoms with E-state index in [1.807, 2.05) is 42.8 Å². The molecule has 0 saturated carbocycles. The number of rotatable bonds is 3. The van der Waals surface area contributed by atoms with Crippen LogP contribution >= 0.6 is 47.3 Å². The van der Waals surface area contributed by atoms with E-state index in [1.165, 1.54) is 16.4 Å². The van der Waals surface area contributed by atoms with Crippen LogP contribution in [0.1, 0.15) is 0 Å². The van der Waals surface area contributed by atoms with Gasteiger partial charge in [-0.05, 0) is 30.0 Å². The molecule has 0 aliphatic heterocycles. The Balaban J connectivity index is 0.00000200. The minimum Gasteiger partial charge on any atom is -0.375 e. The molecule has 20 heavy (non-hydrogen) atoms. The highest BCUT2D eigenvalue weighted by Crippen LogP contribution is 2.29. The van der Waals surface area contributed by atoms with Crippen LogP contribution in [0, 0.1) is 0 Å². The van der Waals surface area contributed by atoms with Crippen molar-refractivity contribution in [3.63, 3.8) is 0 Å². The van der Waals surface area contributed by atoms with Gasteiger partial charge in [0.2, 0.25) is 5.17 Å². The molecule has 0 aliphatic carbocycles. The number of nitrogens with one attached hydrogen (secondary N) is 1. The van der Waals surface area contributed by atoms with Crippen molar-refractivity contribution in [1.82, 2.24) is 4.98 Å². The predicted octanol–water partition coefficient (Wildman–Crippen LogP) is 3.89. The average Bonchev–Trinajstić information content (AvgIpc) is 2.88. The summed E-state index contributed by atoms with van der Waals surface area (Å²) in [6, 6.07) is 9.55. The highest BCUT2D eigenvalue weighted by molar-refractivity contribution is 14.0. The molecule has 7 heteroatoms. The van der Waals surface area contributed by atoms with E-state index in [0.717, 1.165) is 16.9 Å². The lowest BCUT2D eigenvalue weighted by molar-refractivity contribution is -0.438. The normalized spacial score (nSPS) is 11.0. The Morgan fingerprint density at radius 1 is 1.35 bits per heavy atom. The SMILES string of the molecule is C=[N+](N=C(N)SC)c1[nH]ccc1-c1ccc(Cl)cc1.I. The van der Waals surface area contributed by atoms with Crippen LogP contribution in [0.3, 0.4) is 0 Å². The lowest BCUT2D eigenvalue weighted by atomic mass is 10.1. The van der Waals surface area contributed by atoms with Crippen molar-refractivity contribution in [2.45, 2.75) is 0 Å². The number of halogens is 2. The zero-order valence-corrected chi connectivity index (χ0v) is 14.7. The van der Waals surface area contributed by atoms with E-state index in [4.69, 9.17) is 17.3 Å². The van der Waals surface area contributed by atoms with Crippen LogP contribution in [-0.4, -0.2) is 27.8 Å². The second-order valence-corrected chi connectivity index (χ2v) is 5.05. The molecule has 3 N–H and O–H groups in total. The summed E-state index contributed by atoms with van der Waals surface area (Å²) < 4.78 is 1.48. The van der Waals surface area contributed by atoms with Gasteiger partial charge in [-0.25, -0.2) is 4.98 Å². The van der Waals surface area contributed by atoms with E-state index < -0.39 is 0 Å². The summed E-state index contributed by atoms with van der Waals surface area (Å²) in [7, 11) is 0. The Labute approximate surface area is 144 Å². The van der Waals surface area contributed by atoms with Crippen LogP contribution in [-0.2, 0) is 0 Å². The summed E-state index contributed by atoms with van der Waals surface area (Å²) in [5.74, 6) is 0.777. The molecule has 0 amide bonds. The molecule has 2 rings (SSSR count). The van der Waals surface area contributed by atoms with E-state index in [-0.39, 0.29) is 24.0 Å². The lowest BCUT2D eigenvalue weighted by Crippen LogP contribution is -2.09. The maximum Gasteiger partial charge on any atom is 0.312 e. The topological polar surface area (TPSA) is 57.2 Å². The fourth-order valence-electron chi connectivity index (χ4n) is 1.65. The minimum atomic E-state index is 0. The van der Waals surface area contributed by atoms with Gasteiger partial charge in [0.15, 0.2) is 0 Å². The zero-order chi connectivity index (χ0) is 13.8. The quantitative estimate of drug-likeness (QED) is 0.260. The predicted molar refractivity (Wildman–Crippen MR) is 98.8 cm³/mol. The minimum absolute atomic E-state index is 0. The molecule has 0 radical (unpaired) electrons. The van der Waals surface area contributed by atoms with Crippen LogP contribution < -0.4 is 5.73 Å². The first kappa shape index (κ1) is 17.1. The van der Waals surface area contributed by atoms with E-state index in [9.17, 15) is 0 Å². The van der Waals surface area contributed by atoms with E-state index in [0.29, 0.717) is 10.2 Å². The van der Waals surface area contributed by atoms with E-state index in [2.05, 4.69) is 16.8 Å². The van der Waals surface area contributed by atoms with Crippen molar-refractivity contribution in [1.29, 1.82) is 0 Å². The van der Waals surface area contributed by atoms with Crippen molar-refractivity contribution >= 4 is 65.0 Å². The Bertz CT molecular complexity index is 622. The van der Waals surface area contributed by atoms with Crippen LogP contribution in [0.15, 0.2) is 41.6 Å². The first-order valence-corrected chi connectivity index (χ1v) is 7.14. The number of aromatic nitrogens is 1. The van der Waals surface area contributed by atoms with Gasteiger partial charge < -0.3 is 5.73 Å². The maximum atomic E-state index is 5.89. The van der Waals surface area contributed by atoms with Crippen LogP contribution in [0.25, 0.3) is 11.1 Å². The van der Waals surface area contributed by atoms with E-state index >= 15 is 0 Å². The molecule has 0 atom stereocenters. The lowest BCUT2D eigenvalue weighted by Gasteiger charge is -2.01. The molecular formula is C13H15ClIN4S+. The Morgan fingerprint density at radius 2 is 2.00 bits per heavy atom. The van der Waals surface area contributed by atoms with Gasteiger partial charge in [0, 0.05) is 5.02 Å². The van der Waals surface area contributed by atoms with Gasteiger partial charge in [-0.3, -0.25) is 0 Å². The van der Waals surface area contributed by atoms with Crippen molar-refractivity contribution < 1.29 is 4.68 Å². The molecule has 0 saturated heterocycles. The van der Waals surface area contributed by atoms with Crippen molar-refractivity contribution in [2.75, 3.05) is 6.26 Å². The molecular weight excluding hydrogens is 407 g/mol. The summed E-state index contributed by atoms with van der Waals surface area (Å²) >= 11 is 7.26. The first-order chi connectivity index (χ1) is 9.11. The summed E-state index contributed by atoms with van der Waals surface area (Å²) in [5.41, 5.74) is 7.71. The summed E-state index contributed by atoms with van der Waals surface area (Å²) in [6.07, 6.45) is 3.70. The number of H-pyrrole nitrogens is 1. The van der Waals surface area contributed by atoms with Gasteiger partial charge in [-0.15, -0.1) is 28.7 Å². The number of thioether (sulfide) groups is 1. The van der Waals surface area contributed by atoms with Gasteiger partial charge >= 0.3 is 5.82 Å². The number of nitrogens with two attached hydrogens (primary N) is 1. The highest BCUT2D eigenvalue weighted by atomic mass is 127. The average molecular weight is 422 g/mol. The standard InChI is InChI=1S/C13H14ClN4S.HI/c1-18(17-13(15)19-2)12-11(7-8-16-12)9-3-5-10(14)6-4-9;/h3-8,16H,1H2,2H3,(H2,15,17);1H/q+1;. The molecule has 106 valence electrons. The number of amidine groups is 1. The number of benzene rings is 1. The van der Waals surface area contributed by atoms with Gasteiger partial charge in [0.05, 0.1) is 18.5 Å². The monoisotopic (exact) mass is 421 g/mol. The molecule has 0 unspecified atom stereocenters. The highest BCUT2D eigenvalue weighted by Gasteiger charge is 2.15. The molecule has 0 spiro atoms. The summed E-state index contributed by atoms with van der Waals surface area (Å²) in [6.45, 7) is 3.87. The number of nitrogens with zero attached hydrogens (tertiary/aromatic N) is 2. The Morgan fingerprint density at radius 3 is 2.60 bits per heavy atom. The van der Waals surface area contributed by atoms with E-state index in [1.54, 1.807) is 0 Å². The fourth-order valence-corrected chi connectivity index (χ4v) is 1.95. The number of hydrogen-bond acceptors (Lipinski definition) is 2. The molecule has 1 aromatic carbocycles. The largest absolute Gasteiger partial charge is 0.375 e. The zero-order valence-electron chi connectivity index (χ0n) is 10.8. The molecule has 0 bridgehead atoms. The van der Waals surface area contributed by atoms with Crippen LogP contribution in [0.4, 0.5) is 5.82 Å². The number of hydrazone groups is 1.